The third-order valence-corrected chi connectivity index (χ3v) is 3.30. The predicted octanol–water partition coefficient (Wildman–Crippen LogP) is 3.39. The molecule has 2 rings (SSSR count). The first-order valence-electron chi connectivity index (χ1n) is 6.46. The summed E-state index contributed by atoms with van der Waals surface area (Å²) in [6, 6.07) is 14.0. The fraction of sp³-hybridized carbons (Fsp3) is 0.235. The van der Waals surface area contributed by atoms with Crippen molar-refractivity contribution in [2.45, 2.75) is 13.3 Å². The van der Waals surface area contributed by atoms with E-state index in [0.717, 1.165) is 28.0 Å². The van der Waals surface area contributed by atoms with Crippen LogP contribution in [0, 0.1) is 6.92 Å². The van der Waals surface area contributed by atoms with E-state index in [0.29, 0.717) is 0 Å². The number of hydrogen-bond acceptors (Lipinski definition) is 3. The van der Waals surface area contributed by atoms with Gasteiger partial charge < -0.3 is 9.47 Å². The van der Waals surface area contributed by atoms with Crippen LogP contribution < -0.4 is 4.74 Å². The number of carbonyl (C=O) groups excluding carboxylic acids is 1. The van der Waals surface area contributed by atoms with Crippen molar-refractivity contribution in [1.29, 1.82) is 0 Å². The zero-order chi connectivity index (χ0) is 14.5. The van der Waals surface area contributed by atoms with Crippen molar-refractivity contribution < 1.29 is 14.3 Å². The second-order valence-electron chi connectivity index (χ2n) is 4.56. The van der Waals surface area contributed by atoms with Crippen molar-refractivity contribution in [3.8, 4) is 16.9 Å². The number of rotatable bonds is 4. The number of carbonyl (C=O) groups is 1. The van der Waals surface area contributed by atoms with Crippen LogP contribution >= 0.6 is 0 Å². The minimum atomic E-state index is -0.272. The first-order chi connectivity index (χ1) is 9.67. The predicted molar refractivity (Wildman–Crippen MR) is 78.9 cm³/mol. The molecule has 0 radical (unpaired) electrons. The third kappa shape index (κ3) is 2.82. The van der Waals surface area contributed by atoms with Crippen molar-refractivity contribution in [3.05, 3.63) is 53.6 Å². The molecular weight excluding hydrogens is 252 g/mol. The fourth-order valence-corrected chi connectivity index (χ4v) is 2.31. The van der Waals surface area contributed by atoms with E-state index in [1.807, 2.05) is 49.4 Å². The molecule has 0 unspecified atom stereocenters. The molecule has 0 bridgehead atoms. The Morgan fingerprint density at radius 3 is 2.35 bits per heavy atom. The van der Waals surface area contributed by atoms with Gasteiger partial charge in [-0.05, 0) is 23.6 Å². The number of hydrogen-bond donors (Lipinski definition) is 0. The maximum atomic E-state index is 11.7. The van der Waals surface area contributed by atoms with Gasteiger partial charge in [0.05, 0.1) is 20.6 Å². The molecule has 0 N–H and O–H groups in total. The molecule has 0 aliphatic rings. The van der Waals surface area contributed by atoms with E-state index in [-0.39, 0.29) is 12.4 Å². The first kappa shape index (κ1) is 14.1. The molecule has 0 aliphatic carbocycles. The molecule has 0 fully saturated rings. The molecule has 0 heterocycles. The summed E-state index contributed by atoms with van der Waals surface area (Å²) in [5.74, 6) is 0.475. The van der Waals surface area contributed by atoms with E-state index < -0.39 is 0 Å². The van der Waals surface area contributed by atoms with Crippen LogP contribution in [0.5, 0.6) is 5.75 Å². The van der Waals surface area contributed by atoms with E-state index in [9.17, 15) is 4.79 Å². The summed E-state index contributed by atoms with van der Waals surface area (Å²) in [6.45, 7) is 1.97. The summed E-state index contributed by atoms with van der Waals surface area (Å²) in [5, 5.41) is 0. The Bertz CT molecular complexity index is 603. The van der Waals surface area contributed by atoms with Crippen molar-refractivity contribution in [2.75, 3.05) is 14.2 Å². The van der Waals surface area contributed by atoms with Crippen LogP contribution in [-0.4, -0.2) is 20.2 Å². The Labute approximate surface area is 119 Å². The molecule has 0 saturated carbocycles. The topological polar surface area (TPSA) is 35.5 Å². The van der Waals surface area contributed by atoms with Gasteiger partial charge in [0.15, 0.2) is 0 Å². The van der Waals surface area contributed by atoms with Gasteiger partial charge in [-0.1, -0.05) is 42.5 Å². The molecule has 3 nitrogen and oxygen atoms in total. The van der Waals surface area contributed by atoms with Crippen LogP contribution in [0.3, 0.4) is 0 Å². The Balaban J connectivity index is 2.59. The number of ether oxygens (including phenoxy) is 2. The number of aryl methyl sites for hydroxylation is 1. The summed E-state index contributed by atoms with van der Waals surface area (Å²) in [5.41, 5.74) is 3.93. The molecule has 0 aromatic heterocycles. The average Bonchev–Trinajstić information content (AvgIpc) is 2.48. The Morgan fingerprint density at radius 1 is 1.05 bits per heavy atom. The zero-order valence-corrected chi connectivity index (χ0v) is 12.0. The summed E-state index contributed by atoms with van der Waals surface area (Å²) in [7, 11) is 3.02. The monoisotopic (exact) mass is 270 g/mol. The van der Waals surface area contributed by atoms with Crippen molar-refractivity contribution in [3.63, 3.8) is 0 Å². The molecule has 0 aliphatic heterocycles. The molecular formula is C17H18O3. The van der Waals surface area contributed by atoms with Crippen LogP contribution in [0.15, 0.2) is 42.5 Å². The van der Waals surface area contributed by atoms with Crippen molar-refractivity contribution in [2.24, 2.45) is 0 Å². The molecule has 2 aromatic carbocycles. The van der Waals surface area contributed by atoms with Gasteiger partial charge >= 0.3 is 5.97 Å². The highest BCUT2D eigenvalue weighted by Gasteiger charge is 2.16. The molecule has 20 heavy (non-hydrogen) atoms. The molecule has 0 saturated heterocycles. The average molecular weight is 270 g/mol. The molecule has 0 atom stereocenters. The quantitative estimate of drug-likeness (QED) is 0.799. The van der Waals surface area contributed by atoms with Gasteiger partial charge in [0.2, 0.25) is 0 Å². The van der Waals surface area contributed by atoms with Gasteiger partial charge in [-0.15, -0.1) is 0 Å². The van der Waals surface area contributed by atoms with Gasteiger partial charge in [-0.2, -0.15) is 0 Å². The van der Waals surface area contributed by atoms with E-state index in [4.69, 9.17) is 9.47 Å². The normalized spacial score (nSPS) is 10.2. The van der Waals surface area contributed by atoms with Crippen molar-refractivity contribution >= 4 is 5.97 Å². The molecule has 0 amide bonds. The van der Waals surface area contributed by atoms with Gasteiger partial charge in [-0.25, -0.2) is 0 Å². The highest BCUT2D eigenvalue weighted by atomic mass is 16.5. The minimum absolute atomic E-state index is 0.200. The molecule has 104 valence electrons. The van der Waals surface area contributed by atoms with Crippen LogP contribution in [0.2, 0.25) is 0 Å². The Kier molecular flexibility index (Phi) is 4.41. The fourth-order valence-electron chi connectivity index (χ4n) is 2.31. The van der Waals surface area contributed by atoms with Crippen molar-refractivity contribution in [1.82, 2.24) is 0 Å². The Hall–Kier alpha value is -2.29. The number of benzene rings is 2. The number of methoxy groups -OCH3 is 2. The lowest BCUT2D eigenvalue weighted by atomic mass is 9.94. The third-order valence-electron chi connectivity index (χ3n) is 3.30. The maximum absolute atomic E-state index is 11.7. The zero-order valence-electron chi connectivity index (χ0n) is 12.0. The minimum Gasteiger partial charge on any atom is -0.496 e. The lowest BCUT2D eigenvalue weighted by molar-refractivity contribution is -0.139. The maximum Gasteiger partial charge on any atom is 0.310 e. The van der Waals surface area contributed by atoms with Crippen LogP contribution in [-0.2, 0) is 16.0 Å². The summed E-state index contributed by atoms with van der Waals surface area (Å²) in [4.78, 5) is 11.7. The summed E-state index contributed by atoms with van der Waals surface area (Å²) in [6.07, 6.45) is 0.200. The van der Waals surface area contributed by atoms with Gasteiger partial charge in [0, 0.05) is 5.56 Å². The van der Waals surface area contributed by atoms with E-state index in [1.54, 1.807) is 7.11 Å². The largest absolute Gasteiger partial charge is 0.496 e. The van der Waals surface area contributed by atoms with Crippen LogP contribution in [0.4, 0.5) is 0 Å². The summed E-state index contributed by atoms with van der Waals surface area (Å²) >= 11 is 0. The molecule has 2 aromatic rings. The number of esters is 1. The van der Waals surface area contributed by atoms with Crippen LogP contribution in [0.1, 0.15) is 11.1 Å². The van der Waals surface area contributed by atoms with Gasteiger partial charge in [0.1, 0.15) is 5.75 Å². The summed E-state index contributed by atoms with van der Waals surface area (Å²) < 4.78 is 10.3. The van der Waals surface area contributed by atoms with E-state index >= 15 is 0 Å². The molecule has 0 spiro atoms. The SMILES string of the molecule is COC(=O)Cc1c(-c2ccccc2)ccc(C)c1OC. The van der Waals surface area contributed by atoms with Gasteiger partial charge in [0.25, 0.3) is 0 Å². The lowest BCUT2D eigenvalue weighted by Gasteiger charge is -2.16. The highest BCUT2D eigenvalue weighted by Crippen LogP contribution is 2.33. The Morgan fingerprint density at radius 2 is 1.75 bits per heavy atom. The first-order valence-corrected chi connectivity index (χ1v) is 6.46. The second-order valence-corrected chi connectivity index (χ2v) is 4.56. The highest BCUT2D eigenvalue weighted by molar-refractivity contribution is 5.80. The van der Waals surface area contributed by atoms with E-state index in [2.05, 4.69) is 0 Å². The molecule has 3 heteroatoms. The standard InChI is InChI=1S/C17H18O3/c1-12-9-10-14(13-7-5-4-6-8-13)15(17(12)20-3)11-16(18)19-2/h4-10H,11H2,1-3H3. The van der Waals surface area contributed by atoms with E-state index in [1.165, 1.54) is 7.11 Å². The van der Waals surface area contributed by atoms with Crippen LogP contribution in [0.25, 0.3) is 11.1 Å². The second kappa shape index (κ2) is 6.24. The van der Waals surface area contributed by atoms with Gasteiger partial charge in [-0.3, -0.25) is 4.79 Å². The smallest absolute Gasteiger partial charge is 0.310 e. The lowest BCUT2D eigenvalue weighted by Crippen LogP contribution is -2.08.